The van der Waals surface area contributed by atoms with Gasteiger partial charge in [-0.05, 0) is 23.8 Å². The van der Waals surface area contributed by atoms with Crippen molar-refractivity contribution in [3.8, 4) is 0 Å². The number of nitrogens with one attached hydrogen (secondary N) is 1. The highest BCUT2D eigenvalue weighted by molar-refractivity contribution is 6.00. The lowest BCUT2D eigenvalue weighted by molar-refractivity contribution is -0.141. The van der Waals surface area contributed by atoms with Gasteiger partial charge in [-0.15, -0.1) is 0 Å². The van der Waals surface area contributed by atoms with Crippen LogP contribution in [0, 0.1) is 0 Å². The fourth-order valence-corrected chi connectivity index (χ4v) is 1.89. The van der Waals surface area contributed by atoms with E-state index in [0.717, 1.165) is 17.8 Å². The molecule has 25 heavy (non-hydrogen) atoms. The van der Waals surface area contributed by atoms with Crippen molar-refractivity contribution in [3.05, 3.63) is 72.2 Å². The van der Waals surface area contributed by atoms with E-state index >= 15 is 0 Å². The van der Waals surface area contributed by atoms with Gasteiger partial charge >= 0.3 is 6.18 Å². The number of anilines is 1. The molecule has 1 aromatic carbocycles. The number of rotatable bonds is 5. The minimum Gasteiger partial charge on any atom is -0.384 e. The number of hydrogen-bond acceptors (Lipinski definition) is 3. The summed E-state index contributed by atoms with van der Waals surface area (Å²) in [5.74, 6) is -0.477. The second-order valence-electron chi connectivity index (χ2n) is 5.00. The average Bonchev–Trinajstić information content (AvgIpc) is 2.55. The van der Waals surface area contributed by atoms with Crippen LogP contribution in [0.3, 0.4) is 0 Å². The summed E-state index contributed by atoms with van der Waals surface area (Å²) in [5.41, 5.74) is 5.58. The zero-order valence-corrected chi connectivity index (χ0v) is 13.0. The first-order valence-electron chi connectivity index (χ1n) is 7.22. The van der Waals surface area contributed by atoms with E-state index in [2.05, 4.69) is 15.3 Å². The topological polar surface area (TPSA) is 80.4 Å². The Morgan fingerprint density at radius 2 is 1.96 bits per heavy atom. The zero-order chi connectivity index (χ0) is 18.3. The summed E-state index contributed by atoms with van der Waals surface area (Å²) in [4.78, 5) is 18.7. The molecule has 0 fully saturated rings. The Morgan fingerprint density at radius 3 is 2.64 bits per heavy atom. The third-order valence-corrected chi connectivity index (χ3v) is 3.01. The van der Waals surface area contributed by atoms with Gasteiger partial charge in [-0.25, -0.2) is 0 Å². The van der Waals surface area contributed by atoms with Gasteiger partial charge in [0.1, 0.15) is 11.5 Å². The number of nitrogens with zero attached hydrogens (tertiary/aromatic N) is 2. The Hall–Kier alpha value is -3.16. The monoisotopic (exact) mass is 348 g/mol. The average molecular weight is 348 g/mol. The molecule has 8 heteroatoms. The van der Waals surface area contributed by atoms with Gasteiger partial charge in [-0.1, -0.05) is 30.3 Å². The van der Waals surface area contributed by atoms with E-state index in [-0.39, 0.29) is 17.9 Å². The van der Waals surface area contributed by atoms with Crippen LogP contribution in [0.2, 0.25) is 0 Å². The van der Waals surface area contributed by atoms with E-state index in [1.54, 1.807) is 12.1 Å². The van der Waals surface area contributed by atoms with E-state index in [4.69, 9.17) is 5.73 Å². The van der Waals surface area contributed by atoms with Crippen molar-refractivity contribution in [3.63, 3.8) is 0 Å². The molecule has 0 aliphatic heterocycles. The van der Waals surface area contributed by atoms with E-state index in [1.807, 2.05) is 18.2 Å². The molecule has 0 unspecified atom stereocenters. The molecular weight excluding hydrogens is 333 g/mol. The van der Waals surface area contributed by atoms with E-state index in [1.165, 1.54) is 18.3 Å². The van der Waals surface area contributed by atoms with E-state index in [0.29, 0.717) is 0 Å². The van der Waals surface area contributed by atoms with E-state index in [9.17, 15) is 18.0 Å². The number of benzene rings is 1. The van der Waals surface area contributed by atoms with E-state index < -0.39 is 17.8 Å². The summed E-state index contributed by atoms with van der Waals surface area (Å²) in [6.07, 6.45) is -0.783. The van der Waals surface area contributed by atoms with Crippen LogP contribution in [0.25, 0.3) is 0 Å². The van der Waals surface area contributed by atoms with Crippen LogP contribution in [0.5, 0.6) is 0 Å². The molecule has 0 saturated carbocycles. The van der Waals surface area contributed by atoms with Gasteiger partial charge in [0.25, 0.3) is 5.91 Å². The smallest absolute Gasteiger partial charge is 0.384 e. The standard InChI is InChI=1S/C17H15F3N4O/c18-17(19,20)14-11-13(6-8-23-14)22-9-7-15(21)24-16(25)10-12-4-2-1-3-5-12/h1-9,11H,10H2,(H,22,23)(H2,21,24,25)/b9-7-. The number of carbonyl (C=O) groups excluding carboxylic acids is 1. The lowest BCUT2D eigenvalue weighted by Crippen LogP contribution is -2.13. The Bertz CT molecular complexity index is 786. The molecule has 3 N–H and O–H groups in total. The van der Waals surface area contributed by atoms with Gasteiger partial charge in [0.2, 0.25) is 0 Å². The number of aliphatic imine (C=N–C) groups is 1. The van der Waals surface area contributed by atoms with Crippen molar-refractivity contribution in [2.75, 3.05) is 5.32 Å². The number of hydrogen-bond donors (Lipinski definition) is 2. The Balaban J connectivity index is 1.94. The first kappa shape index (κ1) is 18.2. The number of nitrogens with two attached hydrogens (primary N) is 1. The van der Waals surface area contributed by atoms with Crippen LogP contribution in [-0.4, -0.2) is 16.7 Å². The van der Waals surface area contributed by atoms with Gasteiger partial charge in [-0.2, -0.15) is 18.2 Å². The molecule has 0 aliphatic carbocycles. The lowest BCUT2D eigenvalue weighted by Gasteiger charge is -2.07. The fourth-order valence-electron chi connectivity index (χ4n) is 1.89. The second-order valence-corrected chi connectivity index (χ2v) is 5.00. The maximum Gasteiger partial charge on any atom is 0.433 e. The summed E-state index contributed by atoms with van der Waals surface area (Å²) in [7, 11) is 0. The Kier molecular flexibility index (Phi) is 5.89. The van der Waals surface area contributed by atoms with Gasteiger partial charge in [0.15, 0.2) is 0 Å². The SMILES string of the molecule is NC(/C=C\Nc1ccnc(C(F)(F)F)c1)=NC(=O)Cc1ccccc1. The predicted molar refractivity (Wildman–Crippen MR) is 88.8 cm³/mol. The van der Waals surface area contributed by atoms with Gasteiger partial charge < -0.3 is 11.1 Å². The third kappa shape index (κ3) is 6.09. The maximum absolute atomic E-state index is 12.6. The summed E-state index contributed by atoms with van der Waals surface area (Å²) < 4.78 is 37.7. The largest absolute Gasteiger partial charge is 0.433 e. The Labute approximate surface area is 142 Å². The highest BCUT2D eigenvalue weighted by Crippen LogP contribution is 2.28. The number of halogens is 3. The highest BCUT2D eigenvalue weighted by Gasteiger charge is 2.32. The van der Waals surface area contributed by atoms with Gasteiger partial charge in [0, 0.05) is 18.1 Å². The molecule has 0 atom stereocenters. The quantitative estimate of drug-likeness (QED) is 0.642. The number of carbonyl (C=O) groups is 1. The van der Waals surface area contributed by atoms with Crippen molar-refractivity contribution < 1.29 is 18.0 Å². The second kappa shape index (κ2) is 8.09. The van der Waals surface area contributed by atoms with Crippen molar-refractivity contribution in [1.29, 1.82) is 0 Å². The minimum atomic E-state index is -4.52. The summed E-state index contributed by atoms with van der Waals surface area (Å²) in [6, 6.07) is 11.3. The first-order chi connectivity index (χ1) is 11.8. The molecule has 0 bridgehead atoms. The molecule has 2 rings (SSSR count). The van der Waals surface area contributed by atoms with Crippen molar-refractivity contribution in [1.82, 2.24) is 4.98 Å². The van der Waals surface area contributed by atoms with Crippen LogP contribution in [0.15, 0.2) is 65.9 Å². The van der Waals surface area contributed by atoms with Gasteiger partial charge in [0.05, 0.1) is 6.42 Å². The molecule has 0 saturated heterocycles. The van der Waals surface area contributed by atoms with Crippen molar-refractivity contribution >= 4 is 17.4 Å². The summed E-state index contributed by atoms with van der Waals surface area (Å²) in [6.45, 7) is 0. The number of pyridine rings is 1. The van der Waals surface area contributed by atoms with Crippen molar-refractivity contribution in [2.45, 2.75) is 12.6 Å². The molecule has 130 valence electrons. The normalized spacial score (nSPS) is 12.4. The van der Waals surface area contributed by atoms with Crippen LogP contribution in [-0.2, 0) is 17.4 Å². The Morgan fingerprint density at radius 1 is 1.24 bits per heavy atom. The molecule has 1 aromatic heterocycles. The van der Waals surface area contributed by atoms with Crippen molar-refractivity contribution in [2.24, 2.45) is 10.7 Å². The number of amidine groups is 1. The lowest BCUT2D eigenvalue weighted by atomic mass is 10.1. The molecule has 5 nitrogen and oxygen atoms in total. The highest BCUT2D eigenvalue weighted by atomic mass is 19.4. The maximum atomic E-state index is 12.6. The molecule has 1 amide bonds. The minimum absolute atomic E-state index is 0.0569. The van der Waals surface area contributed by atoms with Crippen LogP contribution in [0.1, 0.15) is 11.3 Å². The fraction of sp³-hybridized carbons (Fsp3) is 0.118. The van der Waals surface area contributed by atoms with Crippen LogP contribution < -0.4 is 11.1 Å². The third-order valence-electron chi connectivity index (χ3n) is 3.01. The number of alkyl halides is 3. The van der Waals surface area contributed by atoms with Crippen LogP contribution in [0.4, 0.5) is 18.9 Å². The first-order valence-corrected chi connectivity index (χ1v) is 7.22. The molecular formula is C17H15F3N4O. The zero-order valence-electron chi connectivity index (χ0n) is 13.0. The molecule has 1 heterocycles. The van der Waals surface area contributed by atoms with Crippen LogP contribution >= 0.6 is 0 Å². The molecule has 0 radical (unpaired) electrons. The summed E-state index contributed by atoms with van der Waals surface area (Å²) in [5, 5.41) is 2.62. The molecule has 0 spiro atoms. The summed E-state index contributed by atoms with van der Waals surface area (Å²) >= 11 is 0. The van der Waals surface area contributed by atoms with Gasteiger partial charge in [-0.3, -0.25) is 9.78 Å². The number of amides is 1. The predicted octanol–water partition coefficient (Wildman–Crippen LogP) is 3.15. The molecule has 2 aromatic rings. The molecule has 0 aliphatic rings. The number of aromatic nitrogens is 1.